The maximum Gasteiger partial charge on any atom is 0.289 e. The fourth-order valence-corrected chi connectivity index (χ4v) is 2.57. The van der Waals surface area contributed by atoms with Crippen LogP contribution in [0.2, 0.25) is 0 Å². The summed E-state index contributed by atoms with van der Waals surface area (Å²) < 4.78 is 10.8. The van der Waals surface area contributed by atoms with Gasteiger partial charge >= 0.3 is 0 Å². The van der Waals surface area contributed by atoms with Crippen LogP contribution in [0, 0.1) is 11.3 Å². The van der Waals surface area contributed by atoms with E-state index in [2.05, 4.69) is 0 Å². The van der Waals surface area contributed by atoms with E-state index >= 15 is 0 Å². The van der Waals surface area contributed by atoms with Gasteiger partial charge in [0.15, 0.2) is 5.76 Å². The van der Waals surface area contributed by atoms with Crippen molar-refractivity contribution in [2.45, 2.75) is 13.2 Å². The van der Waals surface area contributed by atoms with Crippen molar-refractivity contribution >= 4 is 5.91 Å². The zero-order chi connectivity index (χ0) is 19.9. The topological polar surface area (TPSA) is 83.5 Å². The number of hydrogen-bond acceptors (Lipinski definition) is 5. The molecule has 0 saturated carbocycles. The van der Waals surface area contributed by atoms with Gasteiger partial charge in [-0.1, -0.05) is 42.5 Å². The predicted molar refractivity (Wildman–Crippen MR) is 103 cm³/mol. The Morgan fingerprint density at radius 1 is 1.11 bits per heavy atom. The normalized spacial score (nSPS) is 10.1. The number of rotatable bonds is 6. The van der Waals surface area contributed by atoms with Gasteiger partial charge in [-0.05, 0) is 23.3 Å². The van der Waals surface area contributed by atoms with E-state index in [1.54, 1.807) is 31.3 Å². The van der Waals surface area contributed by atoms with Crippen molar-refractivity contribution in [1.29, 1.82) is 5.26 Å². The van der Waals surface area contributed by atoms with Crippen LogP contribution in [0.15, 0.2) is 76.1 Å². The Morgan fingerprint density at radius 3 is 2.46 bits per heavy atom. The Kier molecular flexibility index (Phi) is 5.87. The average Bonchev–Trinajstić information content (AvgIpc) is 2.73. The smallest absolute Gasteiger partial charge is 0.289 e. The second-order valence-electron chi connectivity index (χ2n) is 6.22. The Balaban J connectivity index is 1.65. The number of nitrogens with zero attached hydrogens (tertiary/aromatic N) is 2. The van der Waals surface area contributed by atoms with Gasteiger partial charge in [-0.15, -0.1) is 0 Å². The summed E-state index contributed by atoms with van der Waals surface area (Å²) in [7, 11) is 1.61. The highest BCUT2D eigenvalue weighted by atomic mass is 16.5. The van der Waals surface area contributed by atoms with E-state index in [0.717, 1.165) is 23.5 Å². The van der Waals surface area contributed by atoms with E-state index in [1.807, 2.05) is 36.4 Å². The first-order valence-electron chi connectivity index (χ1n) is 8.61. The molecule has 0 aliphatic carbocycles. The molecule has 3 rings (SSSR count). The van der Waals surface area contributed by atoms with Crippen LogP contribution < -0.4 is 10.2 Å². The summed E-state index contributed by atoms with van der Waals surface area (Å²) in [6.07, 6.45) is 1.16. The SMILES string of the molecule is CN(Cc1ccc(C#N)cc1)C(=O)c1cc(=O)c(OCc2ccccc2)co1. The van der Waals surface area contributed by atoms with Gasteiger partial charge in [0, 0.05) is 19.7 Å². The van der Waals surface area contributed by atoms with Gasteiger partial charge in [0.1, 0.15) is 12.9 Å². The molecule has 0 spiro atoms. The number of benzene rings is 2. The lowest BCUT2D eigenvalue weighted by atomic mass is 10.1. The fraction of sp³-hybridized carbons (Fsp3) is 0.136. The van der Waals surface area contributed by atoms with Gasteiger partial charge in [0.2, 0.25) is 11.2 Å². The van der Waals surface area contributed by atoms with E-state index in [1.165, 1.54) is 4.90 Å². The van der Waals surface area contributed by atoms with E-state index in [0.29, 0.717) is 12.1 Å². The summed E-state index contributed by atoms with van der Waals surface area (Å²) in [5.41, 5.74) is 1.91. The minimum absolute atomic E-state index is 0.0511. The van der Waals surface area contributed by atoms with Crippen LogP contribution in [0.3, 0.4) is 0 Å². The molecule has 0 bridgehead atoms. The van der Waals surface area contributed by atoms with Crippen LogP contribution in [-0.2, 0) is 13.2 Å². The quantitative estimate of drug-likeness (QED) is 0.661. The van der Waals surface area contributed by atoms with Gasteiger partial charge in [0.25, 0.3) is 5.91 Å². The molecule has 0 radical (unpaired) electrons. The van der Waals surface area contributed by atoms with Crippen molar-refractivity contribution < 1.29 is 13.9 Å². The molecule has 1 aromatic heterocycles. The Hall–Kier alpha value is -3.85. The summed E-state index contributed by atoms with van der Waals surface area (Å²) in [5, 5.41) is 8.83. The van der Waals surface area contributed by atoms with Gasteiger partial charge in [0.05, 0.1) is 11.6 Å². The van der Waals surface area contributed by atoms with Gasteiger partial charge in [-0.3, -0.25) is 9.59 Å². The summed E-state index contributed by atoms with van der Waals surface area (Å²) in [6.45, 7) is 0.554. The lowest BCUT2D eigenvalue weighted by molar-refractivity contribution is 0.0749. The number of carbonyl (C=O) groups is 1. The lowest BCUT2D eigenvalue weighted by Crippen LogP contribution is -2.27. The Morgan fingerprint density at radius 2 is 1.82 bits per heavy atom. The van der Waals surface area contributed by atoms with Gasteiger partial charge in [-0.2, -0.15) is 5.26 Å². The molecule has 0 N–H and O–H groups in total. The Labute approximate surface area is 162 Å². The van der Waals surface area contributed by atoms with Crippen molar-refractivity contribution in [1.82, 2.24) is 4.90 Å². The van der Waals surface area contributed by atoms with Crippen molar-refractivity contribution in [3.8, 4) is 11.8 Å². The maximum absolute atomic E-state index is 12.5. The van der Waals surface area contributed by atoms with E-state index in [9.17, 15) is 9.59 Å². The number of ether oxygens (including phenoxy) is 1. The van der Waals surface area contributed by atoms with Crippen molar-refractivity contribution in [3.63, 3.8) is 0 Å². The zero-order valence-corrected chi connectivity index (χ0v) is 15.3. The van der Waals surface area contributed by atoms with Crippen LogP contribution in [0.25, 0.3) is 0 Å². The number of nitriles is 1. The van der Waals surface area contributed by atoms with Crippen molar-refractivity contribution in [2.24, 2.45) is 0 Å². The first-order chi connectivity index (χ1) is 13.6. The lowest BCUT2D eigenvalue weighted by Gasteiger charge is -2.16. The second-order valence-corrected chi connectivity index (χ2v) is 6.22. The summed E-state index contributed by atoms with van der Waals surface area (Å²) in [4.78, 5) is 26.2. The Bertz CT molecular complexity index is 1050. The third kappa shape index (κ3) is 4.65. The fourth-order valence-electron chi connectivity index (χ4n) is 2.57. The summed E-state index contributed by atoms with van der Waals surface area (Å²) in [5.74, 6) is -0.431. The average molecular weight is 374 g/mol. The molecule has 0 unspecified atom stereocenters. The zero-order valence-electron chi connectivity index (χ0n) is 15.3. The minimum Gasteiger partial charge on any atom is -0.482 e. The molecule has 2 aromatic carbocycles. The highest BCUT2D eigenvalue weighted by Gasteiger charge is 2.17. The molecular formula is C22H18N2O4. The molecule has 6 nitrogen and oxygen atoms in total. The van der Waals surface area contributed by atoms with Crippen LogP contribution in [0.4, 0.5) is 0 Å². The third-order valence-corrected chi connectivity index (χ3v) is 4.10. The van der Waals surface area contributed by atoms with E-state index < -0.39 is 11.3 Å². The molecule has 0 aliphatic heterocycles. The largest absolute Gasteiger partial charge is 0.482 e. The molecule has 0 saturated heterocycles. The molecule has 140 valence electrons. The molecular weight excluding hydrogens is 356 g/mol. The molecule has 0 atom stereocenters. The van der Waals surface area contributed by atoms with Crippen LogP contribution in [-0.4, -0.2) is 17.9 Å². The molecule has 28 heavy (non-hydrogen) atoms. The van der Waals surface area contributed by atoms with E-state index in [4.69, 9.17) is 14.4 Å². The molecule has 1 heterocycles. The number of carbonyl (C=O) groups excluding carboxylic acids is 1. The van der Waals surface area contributed by atoms with Crippen molar-refractivity contribution in [3.05, 3.63) is 99.6 Å². The van der Waals surface area contributed by atoms with Crippen LogP contribution in [0.5, 0.6) is 5.75 Å². The highest BCUT2D eigenvalue weighted by molar-refractivity contribution is 5.91. The minimum atomic E-state index is -0.420. The van der Waals surface area contributed by atoms with Gasteiger partial charge in [-0.25, -0.2) is 0 Å². The first-order valence-corrected chi connectivity index (χ1v) is 8.61. The highest BCUT2D eigenvalue weighted by Crippen LogP contribution is 2.12. The predicted octanol–water partition coefficient (Wildman–Crippen LogP) is 3.36. The first kappa shape index (κ1) is 18.9. The molecule has 3 aromatic rings. The van der Waals surface area contributed by atoms with Crippen LogP contribution in [0.1, 0.15) is 27.2 Å². The number of amides is 1. The van der Waals surface area contributed by atoms with Crippen molar-refractivity contribution in [2.75, 3.05) is 7.05 Å². The number of hydrogen-bond donors (Lipinski definition) is 0. The molecule has 1 amide bonds. The molecule has 0 aliphatic rings. The van der Waals surface area contributed by atoms with Gasteiger partial charge < -0.3 is 14.1 Å². The summed E-state index contributed by atoms with van der Waals surface area (Å²) >= 11 is 0. The van der Waals surface area contributed by atoms with Crippen LogP contribution >= 0.6 is 0 Å². The summed E-state index contributed by atoms with van der Waals surface area (Å²) in [6, 6.07) is 19.5. The molecule has 6 heteroatoms. The monoisotopic (exact) mass is 374 g/mol. The maximum atomic E-state index is 12.5. The third-order valence-electron chi connectivity index (χ3n) is 4.10. The second kappa shape index (κ2) is 8.69. The molecule has 0 fully saturated rings. The van der Waals surface area contributed by atoms with E-state index in [-0.39, 0.29) is 18.1 Å². The standard InChI is InChI=1S/C22H18N2O4/c1-24(13-17-9-7-16(12-23)8-10-17)22(26)20-11-19(25)21(15-28-20)27-14-18-5-3-2-4-6-18/h2-11,15H,13-14H2,1H3.